The Morgan fingerprint density at radius 2 is 1.72 bits per heavy atom. The SMILES string of the molecule is C#Cc1cccc(OCc2c(Cl)cccc2Cl)c1. The maximum Gasteiger partial charge on any atom is 0.121 e. The van der Waals surface area contributed by atoms with Crippen LogP contribution >= 0.6 is 23.2 Å². The smallest absolute Gasteiger partial charge is 0.121 e. The lowest BCUT2D eigenvalue weighted by molar-refractivity contribution is 0.306. The molecule has 1 nitrogen and oxygen atoms in total. The quantitative estimate of drug-likeness (QED) is 0.747. The van der Waals surface area contributed by atoms with Crippen molar-refractivity contribution in [3.8, 4) is 18.1 Å². The highest BCUT2D eigenvalue weighted by atomic mass is 35.5. The molecular formula is C15H10Cl2O. The first-order valence-corrected chi connectivity index (χ1v) is 6.08. The van der Waals surface area contributed by atoms with Crippen molar-refractivity contribution in [2.24, 2.45) is 0 Å². The summed E-state index contributed by atoms with van der Waals surface area (Å²) in [6, 6.07) is 12.7. The monoisotopic (exact) mass is 276 g/mol. The summed E-state index contributed by atoms with van der Waals surface area (Å²) in [6.07, 6.45) is 5.33. The van der Waals surface area contributed by atoms with E-state index in [1.54, 1.807) is 24.3 Å². The summed E-state index contributed by atoms with van der Waals surface area (Å²) in [4.78, 5) is 0. The summed E-state index contributed by atoms with van der Waals surface area (Å²) in [5.74, 6) is 3.25. The van der Waals surface area contributed by atoms with Crippen molar-refractivity contribution < 1.29 is 4.74 Å². The molecule has 0 saturated heterocycles. The zero-order chi connectivity index (χ0) is 13.0. The Balaban J connectivity index is 2.14. The molecule has 18 heavy (non-hydrogen) atoms. The third kappa shape index (κ3) is 2.98. The normalized spacial score (nSPS) is 9.83. The zero-order valence-electron chi connectivity index (χ0n) is 9.49. The van der Waals surface area contributed by atoms with Crippen LogP contribution in [0.3, 0.4) is 0 Å². The number of rotatable bonds is 3. The lowest BCUT2D eigenvalue weighted by Crippen LogP contribution is -1.97. The van der Waals surface area contributed by atoms with E-state index in [2.05, 4.69) is 5.92 Å². The maximum atomic E-state index is 6.06. The fourth-order valence-electron chi connectivity index (χ4n) is 1.50. The van der Waals surface area contributed by atoms with E-state index >= 15 is 0 Å². The second-order valence-corrected chi connectivity index (χ2v) is 4.48. The molecule has 0 spiro atoms. The van der Waals surface area contributed by atoms with Crippen molar-refractivity contribution in [2.45, 2.75) is 6.61 Å². The van der Waals surface area contributed by atoms with Crippen LogP contribution in [0.5, 0.6) is 5.75 Å². The lowest BCUT2D eigenvalue weighted by Gasteiger charge is -2.09. The summed E-state index contributed by atoms with van der Waals surface area (Å²) in [6.45, 7) is 0.312. The Labute approximate surface area is 116 Å². The summed E-state index contributed by atoms with van der Waals surface area (Å²) in [7, 11) is 0. The van der Waals surface area contributed by atoms with Gasteiger partial charge in [0.25, 0.3) is 0 Å². The highest BCUT2D eigenvalue weighted by molar-refractivity contribution is 6.35. The molecule has 0 amide bonds. The van der Waals surface area contributed by atoms with Crippen LogP contribution in [0.4, 0.5) is 0 Å². The number of terminal acetylenes is 1. The van der Waals surface area contributed by atoms with E-state index in [4.69, 9.17) is 34.4 Å². The van der Waals surface area contributed by atoms with E-state index in [-0.39, 0.29) is 0 Å². The first-order valence-electron chi connectivity index (χ1n) is 5.33. The van der Waals surface area contributed by atoms with Crippen molar-refractivity contribution in [3.05, 3.63) is 63.6 Å². The minimum atomic E-state index is 0.312. The van der Waals surface area contributed by atoms with Gasteiger partial charge in [-0.3, -0.25) is 0 Å². The third-order valence-electron chi connectivity index (χ3n) is 2.45. The average molecular weight is 277 g/mol. The van der Waals surface area contributed by atoms with Crippen molar-refractivity contribution >= 4 is 23.2 Å². The fraction of sp³-hybridized carbons (Fsp3) is 0.0667. The Hall–Kier alpha value is -1.62. The molecule has 2 aromatic rings. The van der Waals surface area contributed by atoms with Crippen molar-refractivity contribution in [3.63, 3.8) is 0 Å². The van der Waals surface area contributed by atoms with Crippen LogP contribution < -0.4 is 4.74 Å². The van der Waals surface area contributed by atoms with Crippen molar-refractivity contribution in [1.29, 1.82) is 0 Å². The van der Waals surface area contributed by atoms with E-state index in [1.807, 2.05) is 18.2 Å². The van der Waals surface area contributed by atoms with Gasteiger partial charge in [-0.1, -0.05) is 41.3 Å². The van der Waals surface area contributed by atoms with Gasteiger partial charge < -0.3 is 4.74 Å². The minimum Gasteiger partial charge on any atom is -0.489 e. The standard InChI is InChI=1S/C15H10Cl2O/c1-2-11-5-3-6-12(9-11)18-10-13-14(16)7-4-8-15(13)17/h1,3-9H,10H2. The van der Waals surface area contributed by atoms with Crippen LogP contribution in [0.2, 0.25) is 10.0 Å². The third-order valence-corrected chi connectivity index (χ3v) is 3.15. The Kier molecular flexibility index (Phi) is 4.15. The summed E-state index contributed by atoms with van der Waals surface area (Å²) in [5, 5.41) is 1.19. The minimum absolute atomic E-state index is 0.312. The molecule has 0 bridgehead atoms. The van der Waals surface area contributed by atoms with Gasteiger partial charge in [0.2, 0.25) is 0 Å². The van der Waals surface area contributed by atoms with Gasteiger partial charge >= 0.3 is 0 Å². The maximum absolute atomic E-state index is 6.06. The highest BCUT2D eigenvalue weighted by Gasteiger charge is 2.06. The van der Waals surface area contributed by atoms with Gasteiger partial charge in [-0.05, 0) is 30.3 Å². The van der Waals surface area contributed by atoms with Gasteiger partial charge in [-0.2, -0.15) is 0 Å². The molecule has 0 saturated carbocycles. The predicted molar refractivity (Wildman–Crippen MR) is 75.2 cm³/mol. The van der Waals surface area contributed by atoms with Gasteiger partial charge in [0.1, 0.15) is 12.4 Å². The van der Waals surface area contributed by atoms with Gasteiger partial charge in [0.05, 0.1) is 0 Å². The topological polar surface area (TPSA) is 9.23 Å². The van der Waals surface area contributed by atoms with Crippen LogP contribution in [0.25, 0.3) is 0 Å². The number of hydrogen-bond acceptors (Lipinski definition) is 1. The molecular weight excluding hydrogens is 267 g/mol. The summed E-state index contributed by atoms with van der Waals surface area (Å²) >= 11 is 12.1. The van der Waals surface area contributed by atoms with Crippen LogP contribution in [0.1, 0.15) is 11.1 Å². The largest absolute Gasteiger partial charge is 0.489 e. The number of benzene rings is 2. The Bertz CT molecular complexity index is 579. The first-order chi connectivity index (χ1) is 8.70. The van der Waals surface area contributed by atoms with E-state index in [0.29, 0.717) is 22.4 Å². The molecule has 0 atom stereocenters. The van der Waals surface area contributed by atoms with Gasteiger partial charge in [0.15, 0.2) is 0 Å². The molecule has 90 valence electrons. The van der Waals surface area contributed by atoms with E-state index in [9.17, 15) is 0 Å². The molecule has 0 unspecified atom stereocenters. The van der Waals surface area contributed by atoms with Gasteiger partial charge in [0, 0.05) is 21.2 Å². The average Bonchev–Trinajstić information content (AvgIpc) is 2.38. The molecule has 0 aliphatic rings. The van der Waals surface area contributed by atoms with Gasteiger partial charge in [-0.15, -0.1) is 6.42 Å². The molecule has 0 radical (unpaired) electrons. The van der Waals surface area contributed by atoms with E-state index < -0.39 is 0 Å². The second-order valence-electron chi connectivity index (χ2n) is 3.66. The van der Waals surface area contributed by atoms with E-state index in [0.717, 1.165) is 11.1 Å². The van der Waals surface area contributed by atoms with E-state index in [1.165, 1.54) is 0 Å². The molecule has 0 N–H and O–H groups in total. The Morgan fingerprint density at radius 3 is 2.39 bits per heavy atom. The summed E-state index contributed by atoms with van der Waals surface area (Å²) < 4.78 is 5.63. The number of halogens is 2. The Morgan fingerprint density at radius 1 is 1.06 bits per heavy atom. The lowest BCUT2D eigenvalue weighted by atomic mass is 10.2. The number of hydrogen-bond donors (Lipinski definition) is 0. The van der Waals surface area contributed by atoms with Crippen LogP contribution in [-0.4, -0.2) is 0 Å². The molecule has 0 fully saturated rings. The molecule has 2 aromatic carbocycles. The van der Waals surface area contributed by atoms with Crippen molar-refractivity contribution in [2.75, 3.05) is 0 Å². The first kappa shape index (κ1) is 12.8. The number of ether oxygens (including phenoxy) is 1. The molecule has 2 rings (SSSR count). The molecule has 3 heteroatoms. The fourth-order valence-corrected chi connectivity index (χ4v) is 2.01. The summed E-state index contributed by atoms with van der Waals surface area (Å²) in [5.41, 5.74) is 1.55. The van der Waals surface area contributed by atoms with Gasteiger partial charge in [-0.25, -0.2) is 0 Å². The van der Waals surface area contributed by atoms with Crippen LogP contribution in [-0.2, 0) is 6.61 Å². The second kappa shape index (κ2) is 5.82. The van der Waals surface area contributed by atoms with Crippen LogP contribution in [0.15, 0.2) is 42.5 Å². The molecule has 0 aromatic heterocycles. The molecule has 0 aliphatic carbocycles. The highest BCUT2D eigenvalue weighted by Crippen LogP contribution is 2.25. The van der Waals surface area contributed by atoms with Crippen molar-refractivity contribution in [1.82, 2.24) is 0 Å². The molecule has 0 heterocycles. The van der Waals surface area contributed by atoms with Crippen LogP contribution in [0, 0.1) is 12.3 Å². The zero-order valence-corrected chi connectivity index (χ0v) is 11.0. The predicted octanol–water partition coefficient (Wildman–Crippen LogP) is 4.55. The molecule has 0 aliphatic heterocycles.